The maximum atomic E-state index is 18.0. The molecule has 2 aromatic carbocycles. The minimum Gasteiger partial charge on any atom is -0.472 e. The summed E-state index contributed by atoms with van der Waals surface area (Å²) in [5.74, 6) is 2.60. The summed E-state index contributed by atoms with van der Waals surface area (Å²) in [4.78, 5) is 34.6. The van der Waals surface area contributed by atoms with Gasteiger partial charge in [0.25, 0.3) is 0 Å². The van der Waals surface area contributed by atoms with Gasteiger partial charge >= 0.3 is 12.1 Å². The summed E-state index contributed by atoms with van der Waals surface area (Å²) in [7, 11) is -2.31. The number of benzene rings is 2. The van der Waals surface area contributed by atoms with E-state index in [9.17, 15) is 4.79 Å². The van der Waals surface area contributed by atoms with Crippen LogP contribution in [0, 0.1) is 23.1 Å². The molecular weight excluding hydrogens is 834 g/mol. The molecule has 4 aromatic rings. The molecule has 2 aromatic heterocycles. The predicted octanol–water partition coefficient (Wildman–Crippen LogP) is 10.6. The van der Waals surface area contributed by atoms with Crippen LogP contribution in [0.15, 0.2) is 42.5 Å². The molecule has 2 unspecified atom stereocenters. The molecule has 10 nitrogen and oxygen atoms in total. The lowest BCUT2D eigenvalue weighted by Crippen LogP contribution is -2.65. The molecule has 7 heterocycles. The molecule has 9 rings (SSSR count). The van der Waals surface area contributed by atoms with Gasteiger partial charge in [-0.05, 0) is 75.0 Å². The highest BCUT2D eigenvalue weighted by Gasteiger charge is 2.55. The van der Waals surface area contributed by atoms with Crippen molar-refractivity contribution in [3.8, 4) is 34.6 Å². The number of carbonyl (C=O) groups is 1. The van der Waals surface area contributed by atoms with Crippen molar-refractivity contribution in [2.75, 3.05) is 31.1 Å². The maximum Gasteiger partial charge on any atom is 0.410 e. The quantitative estimate of drug-likeness (QED) is 0.102. The third-order valence-electron chi connectivity index (χ3n) is 15.0. The zero-order valence-corrected chi connectivity index (χ0v) is 39.8. The molecule has 0 aliphatic carbocycles. The predicted molar refractivity (Wildman–Crippen MR) is 247 cm³/mol. The number of alkyl halides is 1. The van der Waals surface area contributed by atoms with E-state index < -0.39 is 55.3 Å². The first-order chi connectivity index (χ1) is 30.3. The van der Waals surface area contributed by atoms with E-state index in [1.807, 2.05) is 38.7 Å². The largest absolute Gasteiger partial charge is 0.472 e. The molecule has 340 valence electrons. The van der Waals surface area contributed by atoms with E-state index in [2.05, 4.69) is 69.4 Å². The molecule has 4 saturated heterocycles. The molecule has 5 aliphatic heterocycles. The summed E-state index contributed by atoms with van der Waals surface area (Å²) in [5, 5.41) is 1.40. The first-order valence-corrected chi connectivity index (χ1v) is 25.3. The standard InChI is InChI=1S/C50H61F3N6O4Si/c1-27(2)64(28(3)4,29(5)6)22-20-35-37(52)17-15-32-13-12-14-36(39(32)35)42-41(53)43-40-45(56-47(55-43)61-26-50-23-33(51)24-57(50)21-19-30(50)7)58-25-34-16-18-38(44(58)31(8)62-46(40)54-42)59(34)48(60)63-49(9,10)11/h12-15,17,27-29,31,33-34,38,44H,7,16,18-19,21,23-26H2,1-6,8-11H3/t31-,33?,34+,38-,44+,50?/m0/s1. The second-order valence-electron chi connectivity index (χ2n) is 20.7. The Morgan fingerprint density at radius 2 is 1.75 bits per heavy atom. The number of halogens is 3. The van der Waals surface area contributed by atoms with Gasteiger partial charge in [-0.15, -0.1) is 5.54 Å². The first-order valence-electron chi connectivity index (χ1n) is 23.1. The number of fused-ring (bicyclic) bond motifs is 7. The van der Waals surface area contributed by atoms with Gasteiger partial charge in [0.05, 0.1) is 29.2 Å². The number of ether oxygens (including phenoxy) is 3. The van der Waals surface area contributed by atoms with Crippen LogP contribution < -0.4 is 14.4 Å². The second kappa shape index (κ2) is 15.9. The van der Waals surface area contributed by atoms with Crippen LogP contribution in [0.2, 0.25) is 16.6 Å². The van der Waals surface area contributed by atoms with Crippen LogP contribution in [0.25, 0.3) is 32.9 Å². The number of hydrogen-bond acceptors (Lipinski definition) is 9. The van der Waals surface area contributed by atoms with E-state index in [0.29, 0.717) is 58.3 Å². The fraction of sp³-hybridized carbons (Fsp3) is 0.560. The van der Waals surface area contributed by atoms with Gasteiger partial charge in [0.15, 0.2) is 5.82 Å². The SMILES string of the molecule is C=C1CCN2CC(F)CC12COc1nc2c3c(nc(-c4cccc5ccc(F)c(C#C[Si](C(C)C)(C(C)C)C(C)C)c45)c(F)c3n1)O[C@@H](C)[C@@H]1[C@@H]3CC[C@H](CN21)N3C(=O)OC(C)(C)C. The minimum absolute atomic E-state index is 0.0379. The summed E-state index contributed by atoms with van der Waals surface area (Å²) in [6, 6.07) is 7.49. The molecule has 0 spiro atoms. The highest BCUT2D eigenvalue weighted by atomic mass is 28.3. The van der Waals surface area contributed by atoms with Crippen molar-refractivity contribution >= 4 is 41.7 Å². The number of pyridine rings is 1. The molecule has 4 fully saturated rings. The molecule has 2 bridgehead atoms. The summed E-state index contributed by atoms with van der Waals surface area (Å²) in [5.41, 5.74) is 4.47. The molecule has 14 heteroatoms. The Hall–Kier alpha value is -4.87. The Morgan fingerprint density at radius 3 is 2.45 bits per heavy atom. The average molecular weight is 895 g/mol. The van der Waals surface area contributed by atoms with Gasteiger partial charge in [-0.3, -0.25) is 9.80 Å². The Bertz CT molecular complexity index is 2600. The van der Waals surface area contributed by atoms with E-state index in [4.69, 9.17) is 29.2 Å². The number of carbonyl (C=O) groups excluding carboxylic acids is 1. The van der Waals surface area contributed by atoms with Crippen molar-refractivity contribution in [1.82, 2.24) is 24.8 Å². The number of aromatic nitrogens is 3. The van der Waals surface area contributed by atoms with Crippen molar-refractivity contribution in [2.45, 2.75) is 153 Å². The molecule has 1 amide bonds. The van der Waals surface area contributed by atoms with E-state index in [0.717, 1.165) is 18.4 Å². The molecule has 5 aliphatic rings. The highest BCUT2D eigenvalue weighted by Crippen LogP contribution is 2.49. The van der Waals surface area contributed by atoms with Crippen LogP contribution in [-0.4, -0.2) is 107 Å². The van der Waals surface area contributed by atoms with Crippen molar-refractivity contribution in [1.29, 1.82) is 0 Å². The fourth-order valence-corrected chi connectivity index (χ4v) is 17.3. The Morgan fingerprint density at radius 1 is 1.02 bits per heavy atom. The lowest BCUT2D eigenvalue weighted by atomic mass is 9.90. The number of rotatable bonds is 7. The summed E-state index contributed by atoms with van der Waals surface area (Å²) in [6.45, 7) is 26.4. The fourth-order valence-electron chi connectivity index (χ4n) is 12.1. The van der Waals surface area contributed by atoms with E-state index in [-0.39, 0.29) is 65.7 Å². The average Bonchev–Trinajstić information content (AvgIpc) is 3.80. The van der Waals surface area contributed by atoms with Gasteiger partial charge in [-0.25, -0.2) is 22.9 Å². The van der Waals surface area contributed by atoms with Crippen molar-refractivity contribution in [2.24, 2.45) is 0 Å². The van der Waals surface area contributed by atoms with E-state index in [1.54, 1.807) is 18.2 Å². The van der Waals surface area contributed by atoms with Crippen LogP contribution in [-0.2, 0) is 4.74 Å². The van der Waals surface area contributed by atoms with Crippen molar-refractivity contribution in [3.63, 3.8) is 0 Å². The van der Waals surface area contributed by atoms with Crippen molar-refractivity contribution < 1.29 is 32.2 Å². The normalized spacial score (nSPS) is 25.5. The number of amides is 1. The van der Waals surface area contributed by atoms with Crippen LogP contribution in [0.3, 0.4) is 0 Å². The lowest BCUT2D eigenvalue weighted by molar-refractivity contribution is 0.000934. The molecule has 6 atom stereocenters. The minimum atomic E-state index is -2.31. The molecule has 64 heavy (non-hydrogen) atoms. The molecule has 0 N–H and O–H groups in total. The Labute approximate surface area is 375 Å². The van der Waals surface area contributed by atoms with Crippen LogP contribution in [0.1, 0.15) is 100 Å². The van der Waals surface area contributed by atoms with Crippen molar-refractivity contribution in [3.05, 3.63) is 59.7 Å². The summed E-state index contributed by atoms with van der Waals surface area (Å²) in [6.07, 6.45) is 0.406. The van der Waals surface area contributed by atoms with E-state index in [1.165, 1.54) is 6.07 Å². The van der Waals surface area contributed by atoms with Crippen LogP contribution in [0.5, 0.6) is 11.9 Å². The van der Waals surface area contributed by atoms with E-state index >= 15 is 13.2 Å². The van der Waals surface area contributed by atoms with Gasteiger partial charge in [-0.1, -0.05) is 83.9 Å². The third kappa shape index (κ3) is 7.02. The number of anilines is 1. The molecular formula is C50H61F3N6O4Si. The number of hydrogen-bond donors (Lipinski definition) is 0. The van der Waals surface area contributed by atoms with Crippen LogP contribution in [0.4, 0.5) is 23.8 Å². The number of piperazine rings is 1. The lowest BCUT2D eigenvalue weighted by Gasteiger charge is -2.48. The topological polar surface area (TPSA) is 93.2 Å². The first kappa shape index (κ1) is 44.3. The van der Waals surface area contributed by atoms with Gasteiger partial charge in [0.1, 0.15) is 60.8 Å². The zero-order valence-electron chi connectivity index (χ0n) is 38.8. The molecule has 0 saturated carbocycles. The smallest absolute Gasteiger partial charge is 0.410 e. The maximum absolute atomic E-state index is 18.0. The van der Waals surface area contributed by atoms with Gasteiger partial charge in [-0.2, -0.15) is 9.97 Å². The highest BCUT2D eigenvalue weighted by molar-refractivity contribution is 6.90. The summed E-state index contributed by atoms with van der Waals surface area (Å²) < 4.78 is 68.6. The second-order valence-corrected chi connectivity index (χ2v) is 26.3. The van der Waals surface area contributed by atoms with Gasteiger partial charge in [0.2, 0.25) is 5.88 Å². The Balaban J connectivity index is 1.24. The zero-order chi connectivity index (χ0) is 45.8. The summed E-state index contributed by atoms with van der Waals surface area (Å²) >= 11 is 0. The van der Waals surface area contributed by atoms with Gasteiger partial charge in [0, 0.05) is 37.0 Å². The Kier molecular flexibility index (Phi) is 11.0. The third-order valence-corrected chi connectivity index (χ3v) is 21.2. The van der Waals surface area contributed by atoms with Gasteiger partial charge < -0.3 is 19.1 Å². The number of nitrogens with zero attached hydrogens (tertiary/aromatic N) is 6. The molecule has 0 radical (unpaired) electrons. The van der Waals surface area contributed by atoms with Crippen LogP contribution >= 0.6 is 0 Å². The monoisotopic (exact) mass is 894 g/mol.